The quantitative estimate of drug-likeness (QED) is 0.137. The van der Waals surface area contributed by atoms with Crippen molar-refractivity contribution in [1.82, 2.24) is 10.2 Å². The fraction of sp³-hybridized carbons (Fsp3) is 0.279. The lowest BCUT2D eigenvalue weighted by atomic mass is 9.84. The number of carbonyl (C=O) groups excluding carboxylic acids is 1. The average Bonchev–Trinajstić information content (AvgIpc) is 3.18. The maximum absolute atomic E-state index is 12.6. The maximum Gasteiger partial charge on any atom is 0.251 e. The molecule has 51 heavy (non-hydrogen) atoms. The lowest BCUT2D eigenvalue weighted by molar-refractivity contribution is -0.253. The molecule has 5 aromatic carbocycles. The van der Waals surface area contributed by atoms with E-state index in [0.29, 0.717) is 36.4 Å². The summed E-state index contributed by atoms with van der Waals surface area (Å²) in [6, 6.07) is 41.2. The molecule has 5 aromatic rings. The fourth-order valence-corrected chi connectivity index (χ4v) is 7.17. The molecule has 2 saturated heterocycles. The number of carbonyl (C=O) groups is 1. The summed E-state index contributed by atoms with van der Waals surface area (Å²) in [7, 11) is 0. The normalized spacial score (nSPS) is 20.5. The number of piperidine rings is 1. The Morgan fingerprint density at radius 1 is 0.784 bits per heavy atom. The molecule has 2 aliphatic heterocycles. The Kier molecular flexibility index (Phi) is 10.9. The molecule has 3 N–H and O–H groups in total. The number of likely N-dealkylation sites (tertiary alicyclic amines) is 1. The van der Waals surface area contributed by atoms with E-state index in [9.17, 15) is 15.0 Å². The third-order valence-electron chi connectivity index (χ3n) is 10.1. The van der Waals surface area contributed by atoms with Gasteiger partial charge in [-0.05, 0) is 76.6 Å². The van der Waals surface area contributed by atoms with Crippen molar-refractivity contribution in [1.29, 1.82) is 0 Å². The molecule has 2 heterocycles. The summed E-state index contributed by atoms with van der Waals surface area (Å²) in [5.41, 5.74) is 6.65. The molecular weight excluding hydrogens is 660 g/mol. The molecule has 1 amide bonds. The molecule has 262 valence electrons. The molecule has 7 nitrogen and oxygen atoms in total. The van der Waals surface area contributed by atoms with Crippen molar-refractivity contribution in [2.45, 2.75) is 56.5 Å². The van der Waals surface area contributed by atoms with Crippen molar-refractivity contribution in [2.24, 2.45) is 0 Å². The van der Waals surface area contributed by atoms with Gasteiger partial charge in [-0.25, -0.2) is 0 Å². The fourth-order valence-electron chi connectivity index (χ4n) is 7.04. The third-order valence-corrected chi connectivity index (χ3v) is 10.3. The van der Waals surface area contributed by atoms with E-state index in [4.69, 9.17) is 21.1 Å². The van der Waals surface area contributed by atoms with E-state index in [2.05, 4.69) is 46.6 Å². The SMILES string of the molecule is O=C(NCc1cccc(-c2ccc([C@H]3O[C@@H](CN4CCC(O)(c5ccc(Cl)cc5)CC4)C[C@@H](c4ccc(CO)cc4)O3)cc2)c1)c1ccccc1. The van der Waals surface area contributed by atoms with Crippen molar-refractivity contribution in [3.63, 3.8) is 0 Å². The Morgan fingerprint density at radius 3 is 2.20 bits per heavy atom. The first-order valence-electron chi connectivity index (χ1n) is 17.6. The van der Waals surface area contributed by atoms with Crippen LogP contribution in [-0.2, 0) is 28.2 Å². The van der Waals surface area contributed by atoms with E-state index in [1.54, 1.807) is 0 Å². The summed E-state index contributed by atoms with van der Waals surface area (Å²) < 4.78 is 13.3. The molecule has 0 radical (unpaired) electrons. The number of rotatable bonds is 10. The van der Waals surface area contributed by atoms with Gasteiger partial charge in [0.25, 0.3) is 5.91 Å². The zero-order chi connectivity index (χ0) is 35.2. The van der Waals surface area contributed by atoms with Gasteiger partial charge in [0.15, 0.2) is 6.29 Å². The van der Waals surface area contributed by atoms with Gasteiger partial charge in [0.2, 0.25) is 0 Å². The van der Waals surface area contributed by atoms with E-state index < -0.39 is 11.9 Å². The molecule has 0 aliphatic carbocycles. The van der Waals surface area contributed by atoms with Gasteiger partial charge in [0.1, 0.15) is 0 Å². The van der Waals surface area contributed by atoms with Crippen LogP contribution in [0.4, 0.5) is 0 Å². The van der Waals surface area contributed by atoms with E-state index >= 15 is 0 Å². The van der Waals surface area contributed by atoms with Crippen LogP contribution < -0.4 is 5.32 Å². The van der Waals surface area contributed by atoms with Crippen LogP contribution >= 0.6 is 11.6 Å². The molecule has 0 bridgehead atoms. The minimum Gasteiger partial charge on any atom is -0.392 e. The van der Waals surface area contributed by atoms with Gasteiger partial charge >= 0.3 is 0 Å². The number of hydrogen-bond donors (Lipinski definition) is 3. The van der Waals surface area contributed by atoms with Gasteiger partial charge in [0, 0.05) is 48.7 Å². The number of ether oxygens (including phenoxy) is 2. The molecule has 0 unspecified atom stereocenters. The zero-order valence-corrected chi connectivity index (χ0v) is 29.2. The minimum atomic E-state index is -0.867. The smallest absolute Gasteiger partial charge is 0.251 e. The van der Waals surface area contributed by atoms with Crippen LogP contribution in [0.1, 0.15) is 69.8 Å². The van der Waals surface area contributed by atoms with Gasteiger partial charge in [-0.1, -0.05) is 109 Å². The van der Waals surface area contributed by atoms with Crippen LogP contribution in [0.5, 0.6) is 0 Å². The Bertz CT molecular complexity index is 1890. The van der Waals surface area contributed by atoms with Crippen LogP contribution in [-0.4, -0.2) is 46.8 Å². The first-order valence-corrected chi connectivity index (χ1v) is 18.0. The van der Waals surface area contributed by atoms with E-state index in [-0.39, 0.29) is 24.7 Å². The van der Waals surface area contributed by atoms with Gasteiger partial charge in [0.05, 0.1) is 24.4 Å². The zero-order valence-electron chi connectivity index (χ0n) is 28.5. The van der Waals surface area contributed by atoms with Crippen LogP contribution in [0.2, 0.25) is 5.02 Å². The molecule has 7 rings (SSSR count). The summed E-state index contributed by atoms with van der Waals surface area (Å²) in [5, 5.41) is 24.7. The largest absolute Gasteiger partial charge is 0.392 e. The highest BCUT2D eigenvalue weighted by Crippen LogP contribution is 2.40. The highest BCUT2D eigenvalue weighted by Gasteiger charge is 2.37. The van der Waals surface area contributed by atoms with Crippen molar-refractivity contribution in [2.75, 3.05) is 19.6 Å². The number of halogens is 1. The van der Waals surface area contributed by atoms with Crippen LogP contribution in [0, 0.1) is 0 Å². The Morgan fingerprint density at radius 2 is 1.49 bits per heavy atom. The lowest BCUT2D eigenvalue weighted by Gasteiger charge is -2.42. The second-order valence-corrected chi connectivity index (χ2v) is 14.0. The summed E-state index contributed by atoms with van der Waals surface area (Å²) in [4.78, 5) is 14.9. The summed E-state index contributed by atoms with van der Waals surface area (Å²) in [6.45, 7) is 2.67. The topological polar surface area (TPSA) is 91.3 Å². The van der Waals surface area contributed by atoms with Crippen molar-refractivity contribution in [3.05, 3.63) is 166 Å². The van der Waals surface area contributed by atoms with E-state index in [0.717, 1.165) is 58.6 Å². The number of nitrogens with zero attached hydrogens (tertiary/aromatic N) is 1. The summed E-state index contributed by atoms with van der Waals surface area (Å²) >= 11 is 6.10. The maximum atomic E-state index is 12.6. The predicted octanol–water partition coefficient (Wildman–Crippen LogP) is 7.96. The number of hydrogen-bond acceptors (Lipinski definition) is 6. The van der Waals surface area contributed by atoms with Crippen LogP contribution in [0.25, 0.3) is 11.1 Å². The second kappa shape index (κ2) is 15.9. The standard InChI is InChI=1S/C43H43ClN2O5/c44-38-19-17-37(18-20-38)43(49)21-23-46(24-22-43)28-39-26-40(33-11-9-30(29-47)10-12-33)51-42(50-39)35-15-13-32(14-16-35)36-8-4-5-31(25-36)27-45-41(48)34-6-2-1-3-7-34/h1-20,25,39-40,42,47,49H,21-24,26-29H2,(H,45,48)/t39-,40+,42+/m1/s1. The first-order chi connectivity index (χ1) is 24.8. The van der Waals surface area contributed by atoms with Crippen molar-refractivity contribution in [3.8, 4) is 11.1 Å². The molecule has 0 spiro atoms. The molecular formula is C43H43ClN2O5. The third kappa shape index (κ3) is 8.59. The Hall–Kier alpha value is -4.34. The minimum absolute atomic E-state index is 0.00489. The number of nitrogens with one attached hydrogen (secondary N) is 1. The first kappa shape index (κ1) is 35.1. The van der Waals surface area contributed by atoms with Gasteiger partial charge in [-0.3, -0.25) is 4.79 Å². The van der Waals surface area contributed by atoms with Crippen LogP contribution in [0.15, 0.2) is 127 Å². The second-order valence-electron chi connectivity index (χ2n) is 13.6. The number of benzene rings is 5. The molecule has 0 saturated carbocycles. The highest BCUT2D eigenvalue weighted by molar-refractivity contribution is 6.30. The average molecular weight is 703 g/mol. The van der Waals surface area contributed by atoms with Crippen LogP contribution in [0.3, 0.4) is 0 Å². The molecule has 2 aliphatic rings. The van der Waals surface area contributed by atoms with Gasteiger partial charge in [-0.15, -0.1) is 0 Å². The van der Waals surface area contributed by atoms with E-state index in [1.807, 2.05) is 91.0 Å². The Labute approximate surface area is 304 Å². The van der Waals surface area contributed by atoms with Gasteiger partial charge in [-0.2, -0.15) is 0 Å². The van der Waals surface area contributed by atoms with E-state index in [1.165, 1.54) is 0 Å². The van der Waals surface area contributed by atoms with Crippen molar-refractivity contribution >= 4 is 17.5 Å². The van der Waals surface area contributed by atoms with Crippen molar-refractivity contribution < 1.29 is 24.5 Å². The summed E-state index contributed by atoms with van der Waals surface area (Å²) in [5.74, 6) is -0.0986. The summed E-state index contributed by atoms with van der Waals surface area (Å²) in [6.07, 6.45) is 1.13. The molecule has 0 aromatic heterocycles. The molecule has 3 atom stereocenters. The number of aliphatic hydroxyl groups excluding tert-OH is 1. The number of amides is 1. The monoisotopic (exact) mass is 702 g/mol. The predicted molar refractivity (Wildman–Crippen MR) is 199 cm³/mol. The highest BCUT2D eigenvalue weighted by atomic mass is 35.5. The lowest BCUT2D eigenvalue weighted by Crippen LogP contribution is -2.46. The molecule has 8 heteroatoms. The molecule has 2 fully saturated rings. The number of aliphatic hydroxyl groups is 2. The Balaban J connectivity index is 1.03. The van der Waals surface area contributed by atoms with Gasteiger partial charge < -0.3 is 29.9 Å².